The minimum Gasteiger partial charge on any atom is -0.313 e. The molecular formula is C13H28N4. The SMILES string of the molecule is CCN(CC)CCCN(CC)CC(C)(N)C#N. The molecule has 0 radical (unpaired) electrons. The third kappa shape index (κ3) is 7.32. The smallest absolute Gasteiger partial charge is 0.114 e. The highest BCUT2D eigenvalue weighted by molar-refractivity contribution is 5.02. The summed E-state index contributed by atoms with van der Waals surface area (Å²) in [5, 5.41) is 8.92. The Morgan fingerprint density at radius 1 is 1.06 bits per heavy atom. The van der Waals surface area contributed by atoms with Crippen molar-refractivity contribution in [2.75, 3.05) is 39.3 Å². The average Bonchev–Trinajstić information content (AvgIpc) is 2.33. The third-order valence-corrected chi connectivity index (χ3v) is 3.10. The molecule has 0 bridgehead atoms. The molecular weight excluding hydrogens is 212 g/mol. The van der Waals surface area contributed by atoms with Crippen LogP contribution in [0.15, 0.2) is 0 Å². The molecule has 0 saturated heterocycles. The predicted molar refractivity (Wildman–Crippen MR) is 72.7 cm³/mol. The van der Waals surface area contributed by atoms with Crippen LogP contribution in [-0.4, -0.2) is 54.6 Å². The zero-order valence-electron chi connectivity index (χ0n) is 11.9. The molecule has 4 heteroatoms. The van der Waals surface area contributed by atoms with Gasteiger partial charge in [-0.15, -0.1) is 0 Å². The molecule has 0 aromatic carbocycles. The van der Waals surface area contributed by atoms with Gasteiger partial charge < -0.3 is 15.5 Å². The van der Waals surface area contributed by atoms with Crippen molar-refractivity contribution in [3.8, 4) is 6.07 Å². The lowest BCUT2D eigenvalue weighted by Gasteiger charge is -2.27. The van der Waals surface area contributed by atoms with Gasteiger partial charge in [0.2, 0.25) is 0 Å². The first-order chi connectivity index (χ1) is 7.99. The molecule has 0 spiro atoms. The Morgan fingerprint density at radius 3 is 1.94 bits per heavy atom. The normalized spacial score (nSPS) is 14.9. The molecule has 1 atom stereocenters. The summed E-state index contributed by atoms with van der Waals surface area (Å²) in [6, 6.07) is 2.15. The van der Waals surface area contributed by atoms with Crippen LogP contribution in [0, 0.1) is 11.3 Å². The second-order valence-electron chi connectivity index (χ2n) is 4.78. The lowest BCUT2D eigenvalue weighted by atomic mass is 10.1. The summed E-state index contributed by atoms with van der Waals surface area (Å²) in [7, 11) is 0. The molecule has 0 aromatic rings. The van der Waals surface area contributed by atoms with Gasteiger partial charge in [-0.3, -0.25) is 0 Å². The fourth-order valence-electron chi connectivity index (χ4n) is 1.91. The maximum atomic E-state index is 8.92. The molecule has 4 nitrogen and oxygen atoms in total. The van der Waals surface area contributed by atoms with E-state index < -0.39 is 5.54 Å². The van der Waals surface area contributed by atoms with Gasteiger partial charge in [-0.25, -0.2) is 0 Å². The summed E-state index contributed by atoms with van der Waals surface area (Å²) in [5.74, 6) is 0. The number of nitrogens with zero attached hydrogens (tertiary/aromatic N) is 3. The van der Waals surface area contributed by atoms with E-state index >= 15 is 0 Å². The molecule has 2 N–H and O–H groups in total. The summed E-state index contributed by atoms with van der Waals surface area (Å²) in [4.78, 5) is 4.67. The van der Waals surface area contributed by atoms with Crippen molar-refractivity contribution in [1.29, 1.82) is 5.26 Å². The van der Waals surface area contributed by atoms with Crippen LogP contribution in [0.1, 0.15) is 34.1 Å². The maximum absolute atomic E-state index is 8.92. The van der Waals surface area contributed by atoms with E-state index in [1.165, 1.54) is 0 Å². The van der Waals surface area contributed by atoms with Crippen LogP contribution in [0.3, 0.4) is 0 Å². The molecule has 100 valence electrons. The number of hydrogen-bond donors (Lipinski definition) is 1. The van der Waals surface area contributed by atoms with Crippen molar-refractivity contribution in [3.63, 3.8) is 0 Å². The number of likely N-dealkylation sites (N-methyl/N-ethyl adjacent to an activating group) is 1. The van der Waals surface area contributed by atoms with Gasteiger partial charge >= 0.3 is 0 Å². The number of rotatable bonds is 9. The lowest BCUT2D eigenvalue weighted by molar-refractivity contribution is 0.224. The van der Waals surface area contributed by atoms with E-state index in [2.05, 4.69) is 36.6 Å². The molecule has 17 heavy (non-hydrogen) atoms. The van der Waals surface area contributed by atoms with Crippen LogP contribution < -0.4 is 5.73 Å². The number of nitrogens with two attached hydrogens (primary N) is 1. The van der Waals surface area contributed by atoms with Gasteiger partial charge in [0, 0.05) is 6.54 Å². The van der Waals surface area contributed by atoms with Crippen LogP contribution >= 0.6 is 0 Å². The maximum Gasteiger partial charge on any atom is 0.114 e. The van der Waals surface area contributed by atoms with Crippen LogP contribution in [0.4, 0.5) is 0 Å². The third-order valence-electron chi connectivity index (χ3n) is 3.10. The van der Waals surface area contributed by atoms with E-state index in [1.807, 2.05) is 0 Å². The van der Waals surface area contributed by atoms with Crippen molar-refractivity contribution >= 4 is 0 Å². The first-order valence-electron chi connectivity index (χ1n) is 6.63. The van der Waals surface area contributed by atoms with E-state index in [-0.39, 0.29) is 0 Å². The van der Waals surface area contributed by atoms with Gasteiger partial charge in [-0.05, 0) is 46.1 Å². The van der Waals surface area contributed by atoms with E-state index in [4.69, 9.17) is 11.0 Å². The molecule has 0 aliphatic heterocycles. The van der Waals surface area contributed by atoms with Crippen LogP contribution in [0.25, 0.3) is 0 Å². The molecule has 0 aliphatic rings. The van der Waals surface area contributed by atoms with E-state index in [0.717, 1.165) is 39.1 Å². The van der Waals surface area contributed by atoms with Crippen molar-refractivity contribution < 1.29 is 0 Å². The second-order valence-corrected chi connectivity index (χ2v) is 4.78. The minimum absolute atomic E-state index is 0.651. The minimum atomic E-state index is -0.731. The summed E-state index contributed by atoms with van der Waals surface area (Å²) in [6.07, 6.45) is 1.14. The monoisotopic (exact) mass is 240 g/mol. The van der Waals surface area contributed by atoms with Crippen molar-refractivity contribution in [2.24, 2.45) is 5.73 Å². The fraction of sp³-hybridized carbons (Fsp3) is 0.923. The van der Waals surface area contributed by atoms with Gasteiger partial charge in [-0.1, -0.05) is 20.8 Å². The number of hydrogen-bond acceptors (Lipinski definition) is 4. The molecule has 0 rings (SSSR count). The topological polar surface area (TPSA) is 56.3 Å². The zero-order valence-corrected chi connectivity index (χ0v) is 11.9. The van der Waals surface area contributed by atoms with Crippen molar-refractivity contribution in [1.82, 2.24) is 9.80 Å². The fourth-order valence-corrected chi connectivity index (χ4v) is 1.91. The summed E-state index contributed by atoms with van der Waals surface area (Å²) in [6.45, 7) is 14.2. The Bertz CT molecular complexity index is 228. The molecule has 0 heterocycles. The molecule has 0 aromatic heterocycles. The van der Waals surface area contributed by atoms with Crippen molar-refractivity contribution in [3.05, 3.63) is 0 Å². The first kappa shape index (κ1) is 16.4. The van der Waals surface area contributed by atoms with E-state index in [9.17, 15) is 0 Å². The quantitative estimate of drug-likeness (QED) is 0.659. The summed E-state index contributed by atoms with van der Waals surface area (Å²) in [5.41, 5.74) is 5.13. The number of nitriles is 1. The molecule has 0 aliphatic carbocycles. The first-order valence-corrected chi connectivity index (χ1v) is 6.63. The predicted octanol–water partition coefficient (Wildman–Crippen LogP) is 1.28. The molecule has 0 amide bonds. The zero-order chi connectivity index (χ0) is 13.3. The van der Waals surface area contributed by atoms with Gasteiger partial charge in [0.15, 0.2) is 0 Å². The van der Waals surface area contributed by atoms with Crippen LogP contribution in [-0.2, 0) is 0 Å². The van der Waals surface area contributed by atoms with Gasteiger partial charge in [0.25, 0.3) is 0 Å². The highest BCUT2D eigenvalue weighted by Crippen LogP contribution is 2.03. The average molecular weight is 240 g/mol. The Labute approximate surface area is 106 Å². The van der Waals surface area contributed by atoms with Gasteiger partial charge in [0.1, 0.15) is 5.54 Å². The summed E-state index contributed by atoms with van der Waals surface area (Å²) >= 11 is 0. The largest absolute Gasteiger partial charge is 0.313 e. The van der Waals surface area contributed by atoms with Crippen LogP contribution in [0.2, 0.25) is 0 Å². The Kier molecular flexibility index (Phi) is 8.15. The molecule has 0 saturated carbocycles. The standard InChI is InChI=1S/C13H28N4/c1-5-16(6-2)9-8-10-17(7-3)12-13(4,15)11-14/h5-10,12,15H2,1-4H3. The molecule has 1 unspecified atom stereocenters. The highest BCUT2D eigenvalue weighted by Gasteiger charge is 2.20. The summed E-state index contributed by atoms with van der Waals surface area (Å²) < 4.78 is 0. The van der Waals surface area contributed by atoms with E-state index in [1.54, 1.807) is 6.92 Å². The highest BCUT2D eigenvalue weighted by atomic mass is 15.2. The second kappa shape index (κ2) is 8.46. The lowest BCUT2D eigenvalue weighted by Crippen LogP contribution is -2.47. The Hall–Kier alpha value is -0.630. The van der Waals surface area contributed by atoms with E-state index in [0.29, 0.717) is 6.54 Å². The van der Waals surface area contributed by atoms with Gasteiger partial charge in [-0.2, -0.15) is 5.26 Å². The Morgan fingerprint density at radius 2 is 1.53 bits per heavy atom. The van der Waals surface area contributed by atoms with Gasteiger partial charge in [0.05, 0.1) is 6.07 Å². The van der Waals surface area contributed by atoms with Crippen LogP contribution in [0.5, 0.6) is 0 Å². The Balaban J connectivity index is 3.95. The van der Waals surface area contributed by atoms with Crippen molar-refractivity contribution in [2.45, 2.75) is 39.7 Å². The molecule has 0 fully saturated rings.